The molecule has 4 rings (SSSR count). The molecule has 1 aromatic carbocycles. The van der Waals surface area contributed by atoms with Gasteiger partial charge in [0.1, 0.15) is 16.6 Å². The first kappa shape index (κ1) is 22.7. The van der Waals surface area contributed by atoms with Crippen LogP contribution in [-0.4, -0.2) is 31.9 Å². The van der Waals surface area contributed by atoms with Gasteiger partial charge in [-0.3, -0.25) is 20.3 Å². The Balaban J connectivity index is 1.49. The van der Waals surface area contributed by atoms with Gasteiger partial charge in [-0.25, -0.2) is 0 Å². The van der Waals surface area contributed by atoms with E-state index in [2.05, 4.69) is 17.0 Å². The lowest BCUT2D eigenvalue weighted by Crippen LogP contribution is -2.35. The highest BCUT2D eigenvalue weighted by molar-refractivity contribution is 8.26. The van der Waals surface area contributed by atoms with Crippen molar-refractivity contribution in [1.29, 1.82) is 5.41 Å². The van der Waals surface area contributed by atoms with Crippen LogP contribution in [0.5, 0.6) is 0 Å². The molecule has 0 unspecified atom stereocenters. The number of carbonyl (C=O) groups excluding carboxylic acids is 1. The van der Waals surface area contributed by atoms with Gasteiger partial charge in [0.2, 0.25) is 5.17 Å². The minimum absolute atomic E-state index is 0.0412. The van der Waals surface area contributed by atoms with Crippen molar-refractivity contribution >= 4 is 45.5 Å². The molecule has 0 atom stereocenters. The zero-order valence-corrected chi connectivity index (χ0v) is 18.9. The van der Waals surface area contributed by atoms with E-state index in [1.54, 1.807) is 24.3 Å². The van der Waals surface area contributed by atoms with Crippen LogP contribution in [0.3, 0.4) is 0 Å². The van der Waals surface area contributed by atoms with Crippen molar-refractivity contribution in [2.75, 3.05) is 0 Å². The molecule has 0 radical (unpaired) electrons. The molecule has 0 spiro atoms. The Morgan fingerprint density at radius 2 is 2.03 bits per heavy atom. The molecule has 0 fully saturated rings. The summed E-state index contributed by atoms with van der Waals surface area (Å²) in [6.45, 7) is 2.18. The molecule has 0 saturated heterocycles. The minimum Gasteiger partial charge on any atom is -0.457 e. The second kappa shape index (κ2) is 9.95. The van der Waals surface area contributed by atoms with Crippen molar-refractivity contribution in [1.82, 2.24) is 5.01 Å². The number of unbranched alkanes of at least 4 members (excludes halogenated alkanes) is 4. The lowest BCUT2D eigenvalue weighted by atomic mass is 10.1. The van der Waals surface area contributed by atoms with Gasteiger partial charge < -0.3 is 4.42 Å². The molecular formula is C23H23N5O4S. The number of nitrogens with zero attached hydrogens (tertiary/aromatic N) is 4. The van der Waals surface area contributed by atoms with Crippen LogP contribution in [-0.2, 0) is 4.79 Å². The lowest BCUT2D eigenvalue weighted by molar-refractivity contribution is -0.384. The standard InChI is InChI=1S/C23H23N5O4S/c1-2-3-4-5-6-10-20-26-27-21(24)18(22(29)25-23(27)33-20)14-17-11-12-19(32-17)15-8-7-9-16(13-15)28(30)31/h7-9,11-14,24H,2-6,10H2,1H3/b18-14-,24-21?. The highest BCUT2D eigenvalue weighted by atomic mass is 32.2. The van der Waals surface area contributed by atoms with Gasteiger partial charge >= 0.3 is 0 Å². The second-order valence-electron chi connectivity index (χ2n) is 7.69. The van der Waals surface area contributed by atoms with E-state index in [4.69, 9.17) is 9.83 Å². The molecule has 0 saturated carbocycles. The fraction of sp³-hybridized carbons (Fsp3) is 0.304. The van der Waals surface area contributed by atoms with Crippen molar-refractivity contribution in [2.24, 2.45) is 10.1 Å². The highest BCUT2D eigenvalue weighted by Gasteiger charge is 2.35. The van der Waals surface area contributed by atoms with E-state index in [1.807, 2.05) is 0 Å². The number of nitrogens with one attached hydrogen (secondary N) is 1. The predicted octanol–water partition coefficient (Wildman–Crippen LogP) is 5.83. The van der Waals surface area contributed by atoms with E-state index < -0.39 is 10.8 Å². The summed E-state index contributed by atoms with van der Waals surface area (Å²) in [5, 5.41) is 26.6. The number of nitro groups is 1. The summed E-state index contributed by atoms with van der Waals surface area (Å²) < 4.78 is 5.77. The van der Waals surface area contributed by atoms with E-state index in [0.717, 1.165) is 24.3 Å². The van der Waals surface area contributed by atoms with E-state index in [0.29, 0.717) is 22.3 Å². The molecule has 0 bridgehead atoms. The van der Waals surface area contributed by atoms with Gasteiger partial charge in [0, 0.05) is 17.7 Å². The number of benzene rings is 1. The maximum Gasteiger partial charge on any atom is 0.283 e. The fourth-order valence-electron chi connectivity index (χ4n) is 3.51. The molecule has 2 aromatic rings. The first-order valence-electron chi connectivity index (χ1n) is 10.8. The van der Waals surface area contributed by atoms with E-state index in [9.17, 15) is 14.9 Å². The lowest BCUT2D eigenvalue weighted by Gasteiger charge is -2.19. The molecule has 1 aromatic heterocycles. The normalized spacial score (nSPS) is 16.8. The highest BCUT2D eigenvalue weighted by Crippen LogP contribution is 2.31. The monoisotopic (exact) mass is 465 g/mol. The Bertz CT molecular complexity index is 1200. The molecule has 9 nitrogen and oxygen atoms in total. The molecule has 2 aliphatic rings. The van der Waals surface area contributed by atoms with Gasteiger partial charge in [0.05, 0.1) is 10.5 Å². The smallest absolute Gasteiger partial charge is 0.283 e. The largest absolute Gasteiger partial charge is 0.457 e. The number of furan rings is 1. The zero-order valence-electron chi connectivity index (χ0n) is 18.1. The molecule has 0 aliphatic carbocycles. The number of amides is 1. The first-order chi connectivity index (χ1) is 16.0. The van der Waals surface area contributed by atoms with Crippen LogP contribution in [0.25, 0.3) is 17.4 Å². The Morgan fingerprint density at radius 1 is 1.21 bits per heavy atom. The van der Waals surface area contributed by atoms with Crippen LogP contribution in [0, 0.1) is 15.5 Å². The summed E-state index contributed by atoms with van der Waals surface area (Å²) >= 11 is 1.34. The van der Waals surface area contributed by atoms with Crippen molar-refractivity contribution in [3.8, 4) is 11.3 Å². The number of rotatable bonds is 9. The Labute approximate surface area is 194 Å². The average molecular weight is 466 g/mol. The number of hydrogen-bond acceptors (Lipinski definition) is 7. The van der Waals surface area contributed by atoms with E-state index >= 15 is 0 Å². The van der Waals surface area contributed by atoms with Gasteiger partial charge in [-0.15, -0.1) is 0 Å². The number of hydrogen-bond donors (Lipinski definition) is 1. The van der Waals surface area contributed by atoms with E-state index in [-0.39, 0.29) is 17.1 Å². The third kappa shape index (κ3) is 5.11. The van der Waals surface area contributed by atoms with Crippen molar-refractivity contribution in [3.63, 3.8) is 0 Å². The summed E-state index contributed by atoms with van der Waals surface area (Å²) in [7, 11) is 0. The second-order valence-corrected chi connectivity index (χ2v) is 8.73. The summed E-state index contributed by atoms with van der Waals surface area (Å²) in [5.74, 6) is 0.193. The Hall–Kier alpha value is -3.53. The molecule has 170 valence electrons. The number of amidine groups is 2. The van der Waals surface area contributed by atoms with Crippen LogP contribution in [0.15, 0.2) is 56.5 Å². The van der Waals surface area contributed by atoms with Crippen molar-refractivity contribution in [3.05, 3.63) is 57.8 Å². The van der Waals surface area contributed by atoms with Crippen LogP contribution >= 0.6 is 11.8 Å². The fourth-order valence-corrected chi connectivity index (χ4v) is 4.44. The molecular weight excluding hydrogens is 442 g/mol. The molecule has 1 N–H and O–H groups in total. The summed E-state index contributed by atoms with van der Waals surface area (Å²) in [6.07, 6.45) is 8.01. The number of fused-ring (bicyclic) bond motifs is 1. The quantitative estimate of drug-likeness (QED) is 0.215. The first-order valence-corrected chi connectivity index (χ1v) is 11.6. The Morgan fingerprint density at radius 3 is 2.82 bits per heavy atom. The number of hydrazone groups is 1. The number of aliphatic imine (C=N–C) groups is 1. The van der Waals surface area contributed by atoms with Gasteiger partial charge in [0.25, 0.3) is 11.6 Å². The molecule has 2 aliphatic heterocycles. The van der Waals surface area contributed by atoms with Crippen molar-refractivity contribution < 1.29 is 14.1 Å². The topological polar surface area (TPSA) is 125 Å². The number of thioether (sulfide) groups is 1. The van der Waals surface area contributed by atoms with Crippen LogP contribution in [0.4, 0.5) is 5.69 Å². The maximum absolute atomic E-state index is 12.6. The summed E-state index contributed by atoms with van der Waals surface area (Å²) in [4.78, 5) is 27.2. The number of carbonyl (C=O) groups is 1. The number of nitro benzene ring substituents is 1. The Kier molecular flexibility index (Phi) is 6.83. The summed E-state index contributed by atoms with van der Waals surface area (Å²) in [5.41, 5.74) is 0.580. The van der Waals surface area contributed by atoms with Crippen molar-refractivity contribution in [2.45, 2.75) is 45.4 Å². The maximum atomic E-state index is 12.6. The predicted molar refractivity (Wildman–Crippen MR) is 129 cm³/mol. The molecule has 1 amide bonds. The van der Waals surface area contributed by atoms with Crippen LogP contribution in [0.1, 0.15) is 51.2 Å². The SMILES string of the molecule is CCCCCCCC1=NN2C(=N)/C(=C/c3ccc(-c4cccc([N+](=O)[O-])c4)o3)C(=O)N=C2S1. The van der Waals surface area contributed by atoms with Gasteiger partial charge in [0.15, 0.2) is 5.84 Å². The third-order valence-electron chi connectivity index (χ3n) is 5.25. The van der Waals surface area contributed by atoms with Crippen LogP contribution < -0.4 is 0 Å². The van der Waals surface area contributed by atoms with Gasteiger partial charge in [-0.05, 0) is 42.8 Å². The molecule has 10 heteroatoms. The molecule has 33 heavy (non-hydrogen) atoms. The number of non-ortho nitro benzene ring substituents is 1. The van der Waals surface area contributed by atoms with Crippen LogP contribution in [0.2, 0.25) is 0 Å². The molecule has 3 heterocycles. The minimum atomic E-state index is -0.522. The van der Waals surface area contributed by atoms with Gasteiger partial charge in [-0.2, -0.15) is 15.1 Å². The third-order valence-corrected chi connectivity index (χ3v) is 6.21. The summed E-state index contributed by atoms with van der Waals surface area (Å²) in [6, 6.07) is 9.41. The van der Waals surface area contributed by atoms with Gasteiger partial charge in [-0.1, -0.05) is 44.7 Å². The van der Waals surface area contributed by atoms with E-state index in [1.165, 1.54) is 54.2 Å². The average Bonchev–Trinajstić information content (AvgIpc) is 3.44. The zero-order chi connectivity index (χ0) is 23.4.